The number of nitrogens with two attached hydrogens (primary N) is 1. The molecule has 0 saturated heterocycles. The fourth-order valence-corrected chi connectivity index (χ4v) is 3.50. The summed E-state index contributed by atoms with van der Waals surface area (Å²) in [6, 6.07) is 8.10. The largest absolute Gasteiger partial charge is 0.474 e. The summed E-state index contributed by atoms with van der Waals surface area (Å²) in [5.41, 5.74) is 6.98. The molecule has 136 valence electrons. The van der Waals surface area contributed by atoms with Gasteiger partial charge in [0.25, 0.3) is 0 Å². The minimum atomic E-state index is 0. The van der Waals surface area contributed by atoms with Crippen LogP contribution in [0.5, 0.6) is 5.88 Å². The molecule has 5 nitrogen and oxygen atoms in total. The van der Waals surface area contributed by atoms with Gasteiger partial charge in [0.2, 0.25) is 5.88 Å². The maximum atomic E-state index is 5.93. The molecular formula is C18H25IN4OS. The van der Waals surface area contributed by atoms with Gasteiger partial charge in [0.05, 0.1) is 6.54 Å². The smallest absolute Gasteiger partial charge is 0.213 e. The van der Waals surface area contributed by atoms with E-state index in [1.54, 1.807) is 17.5 Å². The van der Waals surface area contributed by atoms with Gasteiger partial charge in [0.15, 0.2) is 5.96 Å². The Hall–Kier alpha value is -1.35. The number of hydrogen-bond acceptors (Lipinski definition) is 4. The average molecular weight is 472 g/mol. The SMILES string of the molecule is I.NC(=NCc1ccnc(OC2CCCC2)c1)NCCc1cccs1. The van der Waals surface area contributed by atoms with Crippen molar-refractivity contribution < 1.29 is 4.74 Å². The number of thiophene rings is 1. The lowest BCUT2D eigenvalue weighted by atomic mass is 10.2. The van der Waals surface area contributed by atoms with E-state index >= 15 is 0 Å². The van der Waals surface area contributed by atoms with E-state index in [9.17, 15) is 0 Å². The first-order valence-corrected chi connectivity index (χ1v) is 9.35. The molecule has 1 fully saturated rings. The van der Waals surface area contributed by atoms with Crippen molar-refractivity contribution in [2.24, 2.45) is 10.7 Å². The number of halogens is 1. The summed E-state index contributed by atoms with van der Waals surface area (Å²) in [5.74, 6) is 1.17. The van der Waals surface area contributed by atoms with Crippen LogP contribution < -0.4 is 15.8 Å². The highest BCUT2D eigenvalue weighted by Crippen LogP contribution is 2.23. The molecule has 3 rings (SSSR count). The molecule has 2 aromatic rings. The highest BCUT2D eigenvalue weighted by Gasteiger charge is 2.16. The fourth-order valence-electron chi connectivity index (χ4n) is 2.79. The van der Waals surface area contributed by atoms with Gasteiger partial charge in [-0.15, -0.1) is 35.3 Å². The number of nitrogens with one attached hydrogen (secondary N) is 1. The summed E-state index contributed by atoms with van der Waals surface area (Å²) in [5, 5.41) is 5.24. The van der Waals surface area contributed by atoms with E-state index in [1.165, 1.54) is 17.7 Å². The number of hydrogen-bond donors (Lipinski definition) is 2. The van der Waals surface area contributed by atoms with Gasteiger partial charge < -0.3 is 15.8 Å². The summed E-state index contributed by atoms with van der Waals surface area (Å²) < 4.78 is 5.92. The highest BCUT2D eigenvalue weighted by molar-refractivity contribution is 14.0. The second-order valence-corrected chi connectivity index (χ2v) is 7.02. The standard InChI is InChI=1S/C18H24N4OS.HI/c19-18(21-10-8-16-6-3-11-24-16)22-13-14-7-9-20-17(12-14)23-15-4-1-2-5-15;/h3,6-7,9,11-12,15H,1-2,4-5,8,10,13H2,(H3,19,21,22);1H. The van der Waals surface area contributed by atoms with Crippen LogP contribution in [0.4, 0.5) is 0 Å². The Morgan fingerprint density at radius 3 is 2.96 bits per heavy atom. The van der Waals surface area contributed by atoms with Crippen LogP contribution in [-0.4, -0.2) is 23.6 Å². The van der Waals surface area contributed by atoms with E-state index in [0.29, 0.717) is 24.5 Å². The van der Waals surface area contributed by atoms with Crippen LogP contribution >= 0.6 is 35.3 Å². The maximum Gasteiger partial charge on any atom is 0.213 e. The number of aromatic nitrogens is 1. The number of pyridine rings is 1. The van der Waals surface area contributed by atoms with E-state index < -0.39 is 0 Å². The lowest BCUT2D eigenvalue weighted by molar-refractivity contribution is 0.201. The molecule has 3 N–H and O–H groups in total. The fraction of sp³-hybridized carbons (Fsp3) is 0.444. The van der Waals surface area contributed by atoms with Gasteiger partial charge in [0, 0.05) is 23.7 Å². The zero-order chi connectivity index (χ0) is 16.6. The van der Waals surface area contributed by atoms with E-state index in [2.05, 4.69) is 32.8 Å². The molecule has 0 radical (unpaired) electrons. The van der Waals surface area contributed by atoms with Crippen LogP contribution in [-0.2, 0) is 13.0 Å². The maximum absolute atomic E-state index is 5.93. The minimum absolute atomic E-state index is 0. The minimum Gasteiger partial charge on any atom is -0.474 e. The zero-order valence-electron chi connectivity index (χ0n) is 14.2. The third-order valence-electron chi connectivity index (χ3n) is 4.08. The first-order valence-electron chi connectivity index (χ1n) is 8.47. The van der Waals surface area contributed by atoms with E-state index in [-0.39, 0.29) is 24.0 Å². The van der Waals surface area contributed by atoms with Crippen molar-refractivity contribution in [2.45, 2.75) is 44.8 Å². The number of aliphatic imine (C=N–C) groups is 1. The van der Waals surface area contributed by atoms with Crippen molar-refractivity contribution >= 4 is 41.3 Å². The van der Waals surface area contributed by atoms with Gasteiger partial charge in [0.1, 0.15) is 6.10 Å². The van der Waals surface area contributed by atoms with Gasteiger partial charge in [-0.2, -0.15) is 0 Å². The van der Waals surface area contributed by atoms with Crippen LogP contribution in [0.25, 0.3) is 0 Å². The predicted molar refractivity (Wildman–Crippen MR) is 114 cm³/mol. The third-order valence-corrected chi connectivity index (χ3v) is 5.01. The van der Waals surface area contributed by atoms with Crippen LogP contribution in [0, 0.1) is 0 Å². The molecule has 7 heteroatoms. The molecule has 2 aromatic heterocycles. The van der Waals surface area contributed by atoms with Gasteiger partial charge in [-0.25, -0.2) is 9.98 Å². The number of rotatable bonds is 7. The van der Waals surface area contributed by atoms with Crippen LogP contribution in [0.3, 0.4) is 0 Å². The molecule has 1 saturated carbocycles. The van der Waals surface area contributed by atoms with Gasteiger partial charge in [-0.1, -0.05) is 6.07 Å². The molecule has 0 amide bonds. The van der Waals surface area contributed by atoms with Crippen molar-refractivity contribution in [1.29, 1.82) is 0 Å². The zero-order valence-corrected chi connectivity index (χ0v) is 17.3. The lowest BCUT2D eigenvalue weighted by Crippen LogP contribution is -2.33. The van der Waals surface area contributed by atoms with Crippen LogP contribution in [0.1, 0.15) is 36.1 Å². The Balaban J connectivity index is 0.00000225. The molecule has 0 aliphatic heterocycles. The molecule has 0 spiro atoms. The van der Waals surface area contributed by atoms with E-state index in [1.807, 2.05) is 12.1 Å². The Labute approximate surface area is 170 Å². The Morgan fingerprint density at radius 2 is 2.20 bits per heavy atom. The number of nitrogens with zero attached hydrogens (tertiary/aromatic N) is 2. The summed E-state index contributed by atoms with van der Waals surface area (Å²) in [7, 11) is 0. The Kier molecular flexibility index (Phi) is 8.47. The summed E-state index contributed by atoms with van der Waals surface area (Å²) in [4.78, 5) is 10.0. The molecule has 0 aromatic carbocycles. The van der Waals surface area contributed by atoms with Crippen LogP contribution in [0.15, 0.2) is 40.8 Å². The van der Waals surface area contributed by atoms with Crippen molar-refractivity contribution in [2.75, 3.05) is 6.54 Å². The lowest BCUT2D eigenvalue weighted by Gasteiger charge is -2.12. The molecule has 0 bridgehead atoms. The first kappa shape index (κ1) is 20.0. The summed E-state index contributed by atoms with van der Waals surface area (Å²) in [6.45, 7) is 1.32. The molecule has 1 aliphatic rings. The topological polar surface area (TPSA) is 72.5 Å². The normalized spacial score (nSPS) is 15.0. The molecule has 0 atom stereocenters. The first-order chi connectivity index (χ1) is 11.8. The predicted octanol–water partition coefficient (Wildman–Crippen LogP) is 3.73. The molecule has 1 aliphatic carbocycles. The van der Waals surface area contributed by atoms with Crippen molar-refractivity contribution in [3.8, 4) is 5.88 Å². The molecular weight excluding hydrogens is 447 g/mol. The monoisotopic (exact) mass is 472 g/mol. The van der Waals surface area contributed by atoms with Crippen molar-refractivity contribution in [1.82, 2.24) is 10.3 Å². The summed E-state index contributed by atoms with van der Waals surface area (Å²) in [6.07, 6.45) is 7.82. The van der Waals surface area contributed by atoms with Gasteiger partial charge in [-0.3, -0.25) is 0 Å². The number of guanidine groups is 1. The molecule has 25 heavy (non-hydrogen) atoms. The average Bonchev–Trinajstić information content (AvgIpc) is 3.27. The second-order valence-electron chi connectivity index (χ2n) is 5.98. The third kappa shape index (κ3) is 6.81. The van der Waals surface area contributed by atoms with Gasteiger partial charge >= 0.3 is 0 Å². The van der Waals surface area contributed by atoms with Crippen molar-refractivity contribution in [3.05, 3.63) is 46.3 Å². The van der Waals surface area contributed by atoms with Gasteiger partial charge in [-0.05, 0) is 55.2 Å². The Morgan fingerprint density at radius 1 is 1.36 bits per heavy atom. The highest BCUT2D eigenvalue weighted by atomic mass is 127. The molecule has 0 unspecified atom stereocenters. The van der Waals surface area contributed by atoms with E-state index in [4.69, 9.17) is 10.5 Å². The molecule has 2 heterocycles. The summed E-state index contributed by atoms with van der Waals surface area (Å²) >= 11 is 1.76. The Bertz CT molecular complexity index is 657. The van der Waals surface area contributed by atoms with Crippen LogP contribution in [0.2, 0.25) is 0 Å². The second kappa shape index (κ2) is 10.6. The quantitative estimate of drug-likeness (QED) is 0.366. The van der Waals surface area contributed by atoms with Crippen molar-refractivity contribution in [3.63, 3.8) is 0 Å². The number of ether oxygens (including phenoxy) is 1. The van der Waals surface area contributed by atoms with E-state index in [0.717, 1.165) is 31.4 Å².